The van der Waals surface area contributed by atoms with Crippen LogP contribution in [0.3, 0.4) is 0 Å². The largest absolute Gasteiger partial charge is 0.452 e. The van der Waals surface area contributed by atoms with Crippen LogP contribution in [0.1, 0.15) is 5.56 Å². The molecule has 0 unspecified atom stereocenters. The molecule has 2 amide bonds. The molecule has 1 saturated heterocycles. The van der Waals surface area contributed by atoms with Gasteiger partial charge in [-0.1, -0.05) is 17.7 Å². The fraction of sp³-hybridized carbons (Fsp3) is 0.389. The van der Waals surface area contributed by atoms with E-state index < -0.39 is 24.3 Å². The van der Waals surface area contributed by atoms with Crippen LogP contribution in [-0.2, 0) is 23.9 Å². The van der Waals surface area contributed by atoms with Crippen LogP contribution in [0.5, 0.6) is 0 Å². The number of benzene rings is 1. The van der Waals surface area contributed by atoms with Crippen molar-refractivity contribution in [1.82, 2.24) is 9.80 Å². The summed E-state index contributed by atoms with van der Waals surface area (Å²) < 4.78 is 23.6. The zero-order valence-electron chi connectivity index (χ0n) is 14.8. The van der Waals surface area contributed by atoms with Gasteiger partial charge >= 0.3 is 5.97 Å². The van der Waals surface area contributed by atoms with E-state index in [1.807, 2.05) is 0 Å². The topological polar surface area (TPSA) is 76.2 Å². The number of morpholine rings is 1. The van der Waals surface area contributed by atoms with Crippen LogP contribution in [0.25, 0.3) is 6.08 Å². The summed E-state index contributed by atoms with van der Waals surface area (Å²) in [5.74, 6) is -2.13. The molecule has 1 aliphatic rings. The van der Waals surface area contributed by atoms with Crippen molar-refractivity contribution in [1.29, 1.82) is 0 Å². The lowest BCUT2D eigenvalue weighted by atomic mass is 10.2. The Labute approximate surface area is 161 Å². The van der Waals surface area contributed by atoms with Gasteiger partial charge in [0.1, 0.15) is 5.82 Å². The summed E-state index contributed by atoms with van der Waals surface area (Å²) in [6.07, 6.45) is 2.16. The first-order chi connectivity index (χ1) is 12.9. The summed E-state index contributed by atoms with van der Waals surface area (Å²) in [4.78, 5) is 38.6. The van der Waals surface area contributed by atoms with Crippen molar-refractivity contribution in [3.63, 3.8) is 0 Å². The van der Waals surface area contributed by atoms with Gasteiger partial charge in [0.25, 0.3) is 5.91 Å². The standard InChI is InChI=1S/C18H20ClFN2O5/c1-21(11-16(23)22-7-9-26-10-8-22)17(24)12-27-18(25)6-5-13-14(19)3-2-4-15(13)20/h2-6H,7-12H2,1H3/b6-5+. The third-order valence-corrected chi connectivity index (χ3v) is 4.22. The van der Waals surface area contributed by atoms with E-state index in [4.69, 9.17) is 21.1 Å². The number of rotatable bonds is 6. The van der Waals surface area contributed by atoms with Crippen molar-refractivity contribution in [2.24, 2.45) is 0 Å². The fourth-order valence-electron chi connectivity index (χ4n) is 2.32. The number of carbonyl (C=O) groups is 3. The highest BCUT2D eigenvalue weighted by Gasteiger charge is 2.20. The molecule has 0 spiro atoms. The second-order valence-electron chi connectivity index (χ2n) is 5.82. The predicted molar refractivity (Wildman–Crippen MR) is 96.4 cm³/mol. The average molecular weight is 399 g/mol. The van der Waals surface area contributed by atoms with Gasteiger partial charge in [-0.25, -0.2) is 9.18 Å². The van der Waals surface area contributed by atoms with Gasteiger partial charge in [0, 0.05) is 31.8 Å². The number of amides is 2. The highest BCUT2D eigenvalue weighted by molar-refractivity contribution is 6.32. The molecule has 0 atom stereocenters. The van der Waals surface area contributed by atoms with Crippen molar-refractivity contribution < 1.29 is 28.2 Å². The minimum atomic E-state index is -0.824. The van der Waals surface area contributed by atoms with Gasteiger partial charge < -0.3 is 19.3 Å². The Morgan fingerprint density at radius 2 is 2.04 bits per heavy atom. The minimum absolute atomic E-state index is 0.0515. The van der Waals surface area contributed by atoms with Crippen LogP contribution >= 0.6 is 11.6 Å². The number of ether oxygens (including phenoxy) is 2. The molecule has 0 radical (unpaired) electrons. The quantitative estimate of drug-likeness (QED) is 0.534. The molecule has 7 nitrogen and oxygen atoms in total. The Morgan fingerprint density at radius 3 is 2.70 bits per heavy atom. The van der Waals surface area contributed by atoms with Crippen LogP contribution in [0.4, 0.5) is 4.39 Å². The van der Waals surface area contributed by atoms with E-state index in [1.165, 1.54) is 36.2 Å². The second-order valence-corrected chi connectivity index (χ2v) is 6.23. The van der Waals surface area contributed by atoms with Crippen LogP contribution in [0, 0.1) is 5.82 Å². The van der Waals surface area contributed by atoms with Gasteiger partial charge in [-0.15, -0.1) is 0 Å². The minimum Gasteiger partial charge on any atom is -0.452 e. The lowest BCUT2D eigenvalue weighted by Gasteiger charge is -2.28. The Balaban J connectivity index is 1.79. The van der Waals surface area contributed by atoms with E-state index in [-0.39, 0.29) is 23.0 Å². The molecule has 1 aromatic rings. The molecule has 0 aromatic heterocycles. The van der Waals surface area contributed by atoms with Crippen molar-refractivity contribution in [3.05, 3.63) is 40.7 Å². The van der Waals surface area contributed by atoms with Gasteiger partial charge in [0.05, 0.1) is 24.8 Å². The molecular formula is C18H20ClFN2O5. The van der Waals surface area contributed by atoms with Crippen LogP contribution in [-0.4, -0.2) is 74.1 Å². The number of likely N-dealkylation sites (N-methyl/N-ethyl adjacent to an activating group) is 1. The molecule has 1 aromatic carbocycles. The number of hydrogen-bond acceptors (Lipinski definition) is 5. The van der Waals surface area contributed by atoms with Crippen molar-refractivity contribution in [3.8, 4) is 0 Å². The maximum absolute atomic E-state index is 13.6. The number of carbonyl (C=O) groups excluding carboxylic acids is 3. The molecule has 1 heterocycles. The highest BCUT2D eigenvalue weighted by atomic mass is 35.5. The van der Waals surface area contributed by atoms with Crippen molar-refractivity contribution in [2.75, 3.05) is 46.5 Å². The number of hydrogen-bond donors (Lipinski definition) is 0. The predicted octanol–water partition coefficient (Wildman–Crippen LogP) is 1.35. The van der Waals surface area contributed by atoms with Gasteiger partial charge in [0.15, 0.2) is 6.61 Å². The SMILES string of the molecule is CN(CC(=O)N1CCOCC1)C(=O)COC(=O)/C=C/c1c(F)cccc1Cl. The summed E-state index contributed by atoms with van der Waals surface area (Å²) in [5.41, 5.74) is 0.0515. The number of halogens is 2. The van der Waals surface area contributed by atoms with Gasteiger partial charge in [0.2, 0.25) is 5.91 Å². The molecule has 0 bridgehead atoms. The number of nitrogens with zero attached hydrogens (tertiary/aromatic N) is 2. The first-order valence-corrected chi connectivity index (χ1v) is 8.64. The summed E-state index contributed by atoms with van der Waals surface area (Å²) in [6.45, 7) is 1.27. The van der Waals surface area contributed by atoms with Gasteiger partial charge in [-0.2, -0.15) is 0 Å². The summed E-state index contributed by atoms with van der Waals surface area (Å²) in [7, 11) is 1.45. The average Bonchev–Trinajstić information content (AvgIpc) is 2.66. The fourth-order valence-corrected chi connectivity index (χ4v) is 2.54. The maximum Gasteiger partial charge on any atom is 0.331 e. The van der Waals surface area contributed by atoms with Crippen molar-refractivity contribution in [2.45, 2.75) is 0 Å². The van der Waals surface area contributed by atoms with E-state index in [0.717, 1.165) is 6.08 Å². The molecular weight excluding hydrogens is 379 g/mol. The van der Waals surface area contributed by atoms with E-state index in [1.54, 1.807) is 4.90 Å². The molecule has 0 saturated carbocycles. The Hall–Kier alpha value is -2.45. The van der Waals surface area contributed by atoms with E-state index in [0.29, 0.717) is 26.3 Å². The smallest absolute Gasteiger partial charge is 0.331 e. The first kappa shape index (κ1) is 20.9. The third kappa shape index (κ3) is 6.33. The van der Waals surface area contributed by atoms with E-state index in [9.17, 15) is 18.8 Å². The molecule has 0 N–H and O–H groups in total. The summed E-state index contributed by atoms with van der Waals surface area (Å²) in [6, 6.07) is 4.14. The van der Waals surface area contributed by atoms with Crippen LogP contribution in [0.2, 0.25) is 5.02 Å². The Kier molecular flexibility index (Phi) is 7.75. The van der Waals surface area contributed by atoms with E-state index in [2.05, 4.69) is 0 Å². The highest BCUT2D eigenvalue weighted by Crippen LogP contribution is 2.20. The van der Waals surface area contributed by atoms with Crippen molar-refractivity contribution >= 4 is 35.5 Å². The monoisotopic (exact) mass is 398 g/mol. The Morgan fingerprint density at radius 1 is 1.33 bits per heavy atom. The van der Waals surface area contributed by atoms with E-state index >= 15 is 0 Å². The summed E-state index contributed by atoms with van der Waals surface area (Å²) in [5, 5.41) is 0.150. The molecule has 9 heteroatoms. The van der Waals surface area contributed by atoms with Gasteiger partial charge in [-0.3, -0.25) is 9.59 Å². The first-order valence-electron chi connectivity index (χ1n) is 8.27. The molecule has 1 aliphatic heterocycles. The van der Waals surface area contributed by atoms with Crippen LogP contribution in [0.15, 0.2) is 24.3 Å². The Bertz CT molecular complexity index is 714. The lowest BCUT2D eigenvalue weighted by Crippen LogP contribution is -2.46. The van der Waals surface area contributed by atoms with Crippen LogP contribution < -0.4 is 0 Å². The number of esters is 1. The zero-order valence-corrected chi connectivity index (χ0v) is 15.6. The summed E-state index contributed by atoms with van der Waals surface area (Å²) >= 11 is 5.85. The maximum atomic E-state index is 13.6. The lowest BCUT2D eigenvalue weighted by molar-refractivity contribution is -0.149. The molecule has 0 aliphatic carbocycles. The van der Waals surface area contributed by atoms with Gasteiger partial charge in [-0.05, 0) is 18.2 Å². The molecule has 146 valence electrons. The molecule has 1 fully saturated rings. The normalized spacial score (nSPS) is 14.3. The zero-order chi connectivity index (χ0) is 19.8. The third-order valence-electron chi connectivity index (χ3n) is 3.89. The second kappa shape index (κ2) is 10.0. The molecule has 2 rings (SSSR count). The molecule has 27 heavy (non-hydrogen) atoms.